The zero-order valence-electron chi connectivity index (χ0n) is 20.7. The van der Waals surface area contributed by atoms with E-state index in [2.05, 4.69) is 22.9 Å². The predicted molar refractivity (Wildman–Crippen MR) is 143 cm³/mol. The first-order valence-electron chi connectivity index (χ1n) is 11.0. The highest BCUT2D eigenvalue weighted by Crippen LogP contribution is 2.36. The maximum absolute atomic E-state index is 12.6. The number of rotatable bonds is 11. The highest BCUT2D eigenvalue weighted by atomic mass is 32.1. The fourth-order valence-electron chi connectivity index (χ4n) is 3.26. The molecule has 192 valence electrons. The standard InChI is InChI=1S/C26H25N3O6S2/c1-6-10-35-26(31)22-15(3)21(25(30)34-7-2)24(37-22)28-13-17(12-27)23-29-18(14-36-23)16-8-9-19(32-4)20(11-16)33-5/h6,8-9,11,13-14,28H,1,7,10H2,2-5H3/b17-13-. The molecule has 0 aliphatic carbocycles. The van der Waals surface area contributed by atoms with Crippen LogP contribution in [0.5, 0.6) is 11.5 Å². The summed E-state index contributed by atoms with van der Waals surface area (Å²) >= 11 is 2.33. The summed E-state index contributed by atoms with van der Waals surface area (Å²) in [6.45, 7) is 7.08. The number of allylic oxidation sites excluding steroid dienone is 1. The average Bonchev–Trinajstić information content (AvgIpc) is 3.52. The summed E-state index contributed by atoms with van der Waals surface area (Å²) in [6.07, 6.45) is 2.91. The van der Waals surface area contributed by atoms with Crippen molar-refractivity contribution in [2.45, 2.75) is 13.8 Å². The van der Waals surface area contributed by atoms with Gasteiger partial charge >= 0.3 is 11.9 Å². The number of benzene rings is 1. The normalized spacial score (nSPS) is 10.8. The molecule has 0 unspecified atom stereocenters. The Labute approximate surface area is 222 Å². The molecular weight excluding hydrogens is 514 g/mol. The fourth-order valence-corrected chi connectivity index (χ4v) is 5.12. The zero-order chi connectivity index (χ0) is 26.9. The van der Waals surface area contributed by atoms with Gasteiger partial charge in [0.15, 0.2) is 11.5 Å². The highest BCUT2D eigenvalue weighted by Gasteiger charge is 2.26. The van der Waals surface area contributed by atoms with E-state index in [-0.39, 0.29) is 29.2 Å². The van der Waals surface area contributed by atoms with Gasteiger partial charge in [-0.3, -0.25) is 0 Å². The molecule has 2 heterocycles. The molecule has 0 bridgehead atoms. The van der Waals surface area contributed by atoms with E-state index < -0.39 is 11.9 Å². The number of aromatic nitrogens is 1. The van der Waals surface area contributed by atoms with E-state index in [0.29, 0.717) is 32.8 Å². The quantitative estimate of drug-likeness (QED) is 0.186. The van der Waals surface area contributed by atoms with E-state index in [4.69, 9.17) is 18.9 Å². The SMILES string of the molecule is C=CCOC(=O)c1sc(N/C=C(/C#N)c2nc(-c3ccc(OC)c(OC)c3)cs2)c(C(=O)OCC)c1C. The molecule has 0 atom stereocenters. The lowest BCUT2D eigenvalue weighted by molar-refractivity contribution is 0.0527. The number of hydrogen-bond acceptors (Lipinski definition) is 11. The molecule has 37 heavy (non-hydrogen) atoms. The Morgan fingerprint density at radius 2 is 1.95 bits per heavy atom. The van der Waals surface area contributed by atoms with Gasteiger partial charge in [0.05, 0.1) is 32.1 Å². The van der Waals surface area contributed by atoms with Gasteiger partial charge in [-0.25, -0.2) is 14.6 Å². The smallest absolute Gasteiger partial charge is 0.348 e. The zero-order valence-corrected chi connectivity index (χ0v) is 22.4. The van der Waals surface area contributed by atoms with Crippen LogP contribution >= 0.6 is 22.7 Å². The van der Waals surface area contributed by atoms with Crippen molar-refractivity contribution in [3.05, 3.63) is 63.4 Å². The largest absolute Gasteiger partial charge is 0.493 e. The van der Waals surface area contributed by atoms with Crippen molar-refractivity contribution in [1.29, 1.82) is 5.26 Å². The summed E-state index contributed by atoms with van der Waals surface area (Å²) in [5, 5.41) is 15.4. The fraction of sp³-hybridized carbons (Fsp3) is 0.231. The second kappa shape index (κ2) is 12.7. The summed E-state index contributed by atoms with van der Waals surface area (Å²) in [7, 11) is 3.11. The van der Waals surface area contributed by atoms with E-state index in [0.717, 1.165) is 16.9 Å². The number of carbonyl (C=O) groups is 2. The van der Waals surface area contributed by atoms with Crippen LogP contribution in [0.25, 0.3) is 16.8 Å². The van der Waals surface area contributed by atoms with Crippen molar-refractivity contribution in [1.82, 2.24) is 4.98 Å². The third-order valence-corrected chi connectivity index (χ3v) is 7.10. The Morgan fingerprint density at radius 1 is 1.19 bits per heavy atom. The number of carbonyl (C=O) groups excluding carboxylic acids is 2. The number of thiazole rings is 1. The third-order valence-electron chi connectivity index (χ3n) is 5.03. The number of thiophene rings is 1. The van der Waals surface area contributed by atoms with Gasteiger partial charge in [-0.05, 0) is 37.6 Å². The molecule has 3 rings (SSSR count). The molecule has 0 aliphatic rings. The van der Waals surface area contributed by atoms with Crippen molar-refractivity contribution >= 4 is 45.2 Å². The number of nitrogens with one attached hydrogen (secondary N) is 1. The lowest BCUT2D eigenvalue weighted by atomic mass is 10.1. The Hall–Kier alpha value is -4.14. The number of nitriles is 1. The molecule has 9 nitrogen and oxygen atoms in total. The molecule has 0 amide bonds. The first kappa shape index (κ1) is 27.4. The summed E-state index contributed by atoms with van der Waals surface area (Å²) in [4.78, 5) is 30.0. The van der Waals surface area contributed by atoms with Crippen LogP contribution in [0.4, 0.5) is 5.00 Å². The van der Waals surface area contributed by atoms with Gasteiger partial charge in [0.2, 0.25) is 0 Å². The van der Waals surface area contributed by atoms with Gasteiger partial charge in [0.1, 0.15) is 33.1 Å². The Balaban J connectivity index is 1.93. The summed E-state index contributed by atoms with van der Waals surface area (Å²) in [6, 6.07) is 7.56. The van der Waals surface area contributed by atoms with Crippen LogP contribution in [-0.2, 0) is 9.47 Å². The van der Waals surface area contributed by atoms with Gasteiger partial charge in [-0.15, -0.1) is 22.7 Å². The predicted octanol–water partition coefficient (Wildman–Crippen LogP) is 5.69. The molecule has 11 heteroatoms. The summed E-state index contributed by atoms with van der Waals surface area (Å²) in [5.41, 5.74) is 2.33. The van der Waals surface area contributed by atoms with Crippen LogP contribution in [0.2, 0.25) is 0 Å². The minimum absolute atomic E-state index is 0.0403. The van der Waals surface area contributed by atoms with Crippen molar-refractivity contribution in [2.24, 2.45) is 0 Å². The monoisotopic (exact) mass is 539 g/mol. The van der Waals surface area contributed by atoms with Crippen molar-refractivity contribution in [3.8, 4) is 28.8 Å². The second-order valence-electron chi connectivity index (χ2n) is 7.29. The van der Waals surface area contributed by atoms with Crippen LogP contribution in [-0.4, -0.2) is 44.4 Å². The van der Waals surface area contributed by atoms with Crippen LogP contribution in [0.3, 0.4) is 0 Å². The summed E-state index contributed by atoms with van der Waals surface area (Å²) < 4.78 is 21.0. The Morgan fingerprint density at radius 3 is 2.59 bits per heavy atom. The number of nitrogens with zero attached hydrogens (tertiary/aromatic N) is 2. The third kappa shape index (κ3) is 6.17. The molecule has 1 aromatic carbocycles. The molecule has 2 aromatic heterocycles. The van der Waals surface area contributed by atoms with E-state index in [1.807, 2.05) is 11.4 Å². The van der Waals surface area contributed by atoms with Crippen LogP contribution in [0, 0.1) is 18.3 Å². The molecular formula is C26H25N3O6S2. The topological polar surface area (TPSA) is 120 Å². The number of ether oxygens (including phenoxy) is 4. The summed E-state index contributed by atoms with van der Waals surface area (Å²) in [5.74, 6) is -0.00228. The molecule has 0 saturated carbocycles. The van der Waals surface area contributed by atoms with Crippen LogP contribution in [0.15, 0.2) is 42.4 Å². The Bertz CT molecular complexity index is 1380. The molecule has 0 spiro atoms. The lowest BCUT2D eigenvalue weighted by Crippen LogP contribution is -2.09. The average molecular weight is 540 g/mol. The van der Waals surface area contributed by atoms with Gasteiger partial charge in [-0.1, -0.05) is 12.7 Å². The first-order valence-corrected chi connectivity index (χ1v) is 12.7. The lowest BCUT2D eigenvalue weighted by Gasteiger charge is -2.08. The number of esters is 2. The van der Waals surface area contributed by atoms with E-state index >= 15 is 0 Å². The van der Waals surface area contributed by atoms with Crippen LogP contribution in [0.1, 0.15) is 37.5 Å². The van der Waals surface area contributed by atoms with Gasteiger partial charge in [0.25, 0.3) is 0 Å². The van der Waals surface area contributed by atoms with E-state index in [9.17, 15) is 14.9 Å². The maximum atomic E-state index is 12.6. The molecule has 0 saturated heterocycles. The molecule has 1 N–H and O–H groups in total. The highest BCUT2D eigenvalue weighted by molar-refractivity contribution is 7.18. The minimum atomic E-state index is -0.585. The van der Waals surface area contributed by atoms with Crippen molar-refractivity contribution in [3.63, 3.8) is 0 Å². The van der Waals surface area contributed by atoms with Gasteiger partial charge in [0, 0.05) is 17.1 Å². The molecule has 0 fully saturated rings. The maximum Gasteiger partial charge on any atom is 0.348 e. The van der Waals surface area contributed by atoms with Crippen LogP contribution < -0.4 is 14.8 Å². The van der Waals surface area contributed by atoms with Gasteiger partial charge in [-0.2, -0.15) is 5.26 Å². The number of methoxy groups -OCH3 is 2. The van der Waals surface area contributed by atoms with Crippen molar-refractivity contribution < 1.29 is 28.5 Å². The first-order chi connectivity index (χ1) is 17.9. The van der Waals surface area contributed by atoms with Gasteiger partial charge < -0.3 is 24.3 Å². The van der Waals surface area contributed by atoms with Crippen molar-refractivity contribution in [2.75, 3.05) is 32.8 Å². The minimum Gasteiger partial charge on any atom is -0.493 e. The Kier molecular flexibility index (Phi) is 9.43. The molecule has 0 radical (unpaired) electrons. The van der Waals surface area contributed by atoms with E-state index in [1.165, 1.54) is 23.6 Å². The number of anilines is 1. The van der Waals surface area contributed by atoms with E-state index in [1.54, 1.807) is 40.2 Å². The molecule has 3 aromatic rings. The second-order valence-corrected chi connectivity index (χ2v) is 9.17. The number of hydrogen-bond donors (Lipinski definition) is 1. The molecule has 0 aliphatic heterocycles.